The van der Waals surface area contributed by atoms with Gasteiger partial charge in [-0.3, -0.25) is 9.59 Å². The van der Waals surface area contributed by atoms with Crippen molar-refractivity contribution < 1.29 is 27.5 Å². The second kappa shape index (κ2) is 9.35. The highest BCUT2D eigenvalue weighted by Gasteiger charge is 2.35. The van der Waals surface area contributed by atoms with Gasteiger partial charge in [0.2, 0.25) is 10.0 Å². The van der Waals surface area contributed by atoms with Gasteiger partial charge >= 0.3 is 11.8 Å². The molecule has 1 aromatic rings. The number of sulfonamides is 1. The lowest BCUT2D eigenvalue weighted by Gasteiger charge is -2.34. The zero-order valence-electron chi connectivity index (χ0n) is 16.5. The maximum Gasteiger partial charge on any atom is 0.309 e. The van der Waals surface area contributed by atoms with Gasteiger partial charge in [0.25, 0.3) is 0 Å². The summed E-state index contributed by atoms with van der Waals surface area (Å²) in [7, 11) is -2.33. The molecule has 0 aliphatic carbocycles. The fraction of sp³-hybridized carbons (Fsp3) is 0.556. The molecular formula is C18H27N3O6S. The molecular weight excluding hydrogens is 386 g/mol. The van der Waals surface area contributed by atoms with Crippen molar-refractivity contribution in [2.75, 3.05) is 26.8 Å². The quantitative estimate of drug-likeness (QED) is 0.652. The maximum absolute atomic E-state index is 13.1. The number of ether oxygens (including phenoxy) is 2. The van der Waals surface area contributed by atoms with Gasteiger partial charge in [0, 0.05) is 12.6 Å². The Morgan fingerprint density at radius 2 is 2.04 bits per heavy atom. The van der Waals surface area contributed by atoms with E-state index in [0.717, 1.165) is 0 Å². The lowest BCUT2D eigenvalue weighted by atomic mass is 10.2. The molecule has 0 unspecified atom stereocenters. The fourth-order valence-electron chi connectivity index (χ4n) is 2.84. The SMILES string of the molecule is COc1ccc(S(=O)(=O)N2CCCO[C@@H]2CNC(=O)C(=O)NC(C)C)cc1C. The summed E-state index contributed by atoms with van der Waals surface area (Å²) in [6.07, 6.45) is -0.357. The number of amides is 2. The van der Waals surface area contributed by atoms with Gasteiger partial charge in [-0.25, -0.2) is 8.42 Å². The molecule has 1 aromatic carbocycles. The minimum atomic E-state index is -3.84. The van der Waals surface area contributed by atoms with E-state index in [9.17, 15) is 18.0 Å². The molecule has 2 N–H and O–H groups in total. The first kappa shape index (κ1) is 22.1. The summed E-state index contributed by atoms with van der Waals surface area (Å²) in [6.45, 7) is 5.73. The monoisotopic (exact) mass is 413 g/mol. The lowest BCUT2D eigenvalue weighted by molar-refractivity contribution is -0.140. The van der Waals surface area contributed by atoms with Gasteiger partial charge in [-0.15, -0.1) is 0 Å². The Bertz CT molecular complexity index is 825. The molecule has 1 heterocycles. The molecule has 10 heteroatoms. The normalized spacial score (nSPS) is 18.0. The van der Waals surface area contributed by atoms with Crippen LogP contribution in [0.15, 0.2) is 23.1 Å². The third kappa shape index (κ3) is 5.21. The van der Waals surface area contributed by atoms with Crippen LogP contribution in [-0.4, -0.2) is 63.6 Å². The molecule has 28 heavy (non-hydrogen) atoms. The van der Waals surface area contributed by atoms with Gasteiger partial charge in [-0.2, -0.15) is 4.31 Å². The van der Waals surface area contributed by atoms with E-state index < -0.39 is 28.1 Å². The van der Waals surface area contributed by atoms with E-state index in [1.807, 2.05) is 0 Å². The average Bonchev–Trinajstić information content (AvgIpc) is 2.65. The second-order valence-corrected chi connectivity index (χ2v) is 8.65. The Balaban J connectivity index is 2.14. The van der Waals surface area contributed by atoms with Crippen molar-refractivity contribution in [2.24, 2.45) is 0 Å². The minimum absolute atomic E-state index is 0.116. The number of rotatable bonds is 6. The van der Waals surface area contributed by atoms with Crippen molar-refractivity contribution >= 4 is 21.8 Å². The first-order chi connectivity index (χ1) is 13.2. The summed E-state index contributed by atoms with van der Waals surface area (Å²) in [6, 6.07) is 4.43. The number of carbonyl (C=O) groups excluding carboxylic acids is 2. The molecule has 1 fully saturated rings. The van der Waals surface area contributed by atoms with Crippen molar-refractivity contribution in [3.63, 3.8) is 0 Å². The standard InChI is InChI=1S/C18H27N3O6S/c1-12(2)20-18(23)17(22)19-11-16-21(8-5-9-27-16)28(24,25)14-6-7-15(26-4)13(3)10-14/h6-7,10,12,16H,5,8-9,11H2,1-4H3,(H,19,22)(H,20,23)/t16-/m1/s1. The van der Waals surface area contributed by atoms with Crippen LogP contribution >= 0.6 is 0 Å². The Morgan fingerprint density at radius 3 is 2.64 bits per heavy atom. The van der Waals surface area contributed by atoms with E-state index in [1.165, 1.54) is 23.5 Å². The number of nitrogens with one attached hydrogen (secondary N) is 2. The summed E-state index contributed by atoms with van der Waals surface area (Å²) in [5, 5.41) is 4.92. The van der Waals surface area contributed by atoms with Crippen molar-refractivity contribution in [1.29, 1.82) is 0 Å². The number of hydrogen-bond donors (Lipinski definition) is 2. The van der Waals surface area contributed by atoms with Crippen LogP contribution in [0.4, 0.5) is 0 Å². The van der Waals surface area contributed by atoms with Crippen LogP contribution in [0.5, 0.6) is 5.75 Å². The van der Waals surface area contributed by atoms with E-state index in [0.29, 0.717) is 24.3 Å². The van der Waals surface area contributed by atoms with Gasteiger partial charge < -0.3 is 20.1 Å². The number of hydrogen-bond acceptors (Lipinski definition) is 6. The van der Waals surface area contributed by atoms with E-state index in [2.05, 4.69) is 10.6 Å². The topological polar surface area (TPSA) is 114 Å². The second-order valence-electron chi connectivity index (χ2n) is 6.76. The molecule has 2 rings (SSSR count). The molecule has 1 atom stereocenters. The lowest BCUT2D eigenvalue weighted by Crippen LogP contribution is -2.53. The maximum atomic E-state index is 13.1. The predicted molar refractivity (Wildman–Crippen MR) is 102 cm³/mol. The average molecular weight is 413 g/mol. The predicted octanol–water partition coefficient (Wildman–Crippen LogP) is 0.382. The van der Waals surface area contributed by atoms with Crippen molar-refractivity contribution in [3.8, 4) is 5.75 Å². The number of methoxy groups -OCH3 is 1. The minimum Gasteiger partial charge on any atom is -0.496 e. The molecule has 156 valence electrons. The van der Waals surface area contributed by atoms with Gasteiger partial charge in [0.1, 0.15) is 12.0 Å². The molecule has 0 saturated carbocycles. The van der Waals surface area contributed by atoms with Crippen LogP contribution in [0.3, 0.4) is 0 Å². The van der Waals surface area contributed by atoms with E-state index in [4.69, 9.17) is 9.47 Å². The smallest absolute Gasteiger partial charge is 0.309 e. The van der Waals surface area contributed by atoms with Crippen LogP contribution in [0.1, 0.15) is 25.8 Å². The van der Waals surface area contributed by atoms with Gasteiger partial charge in [-0.05, 0) is 51.0 Å². The molecule has 0 aromatic heterocycles. The van der Waals surface area contributed by atoms with E-state index >= 15 is 0 Å². The number of benzene rings is 1. The molecule has 1 saturated heterocycles. The first-order valence-corrected chi connectivity index (χ1v) is 10.5. The van der Waals surface area contributed by atoms with Crippen LogP contribution in [0.25, 0.3) is 0 Å². The molecule has 0 spiro atoms. The van der Waals surface area contributed by atoms with Crippen molar-refractivity contribution in [3.05, 3.63) is 23.8 Å². The number of carbonyl (C=O) groups is 2. The zero-order chi connectivity index (χ0) is 20.9. The Morgan fingerprint density at radius 1 is 1.32 bits per heavy atom. The molecule has 1 aliphatic heterocycles. The van der Waals surface area contributed by atoms with Crippen LogP contribution in [-0.2, 0) is 24.3 Å². The van der Waals surface area contributed by atoms with Gasteiger partial charge in [-0.1, -0.05) is 0 Å². The van der Waals surface area contributed by atoms with Crippen LogP contribution in [0, 0.1) is 6.92 Å². The van der Waals surface area contributed by atoms with Crippen LogP contribution < -0.4 is 15.4 Å². The zero-order valence-corrected chi connectivity index (χ0v) is 17.3. The number of nitrogens with zero attached hydrogens (tertiary/aromatic N) is 1. The third-order valence-electron chi connectivity index (χ3n) is 4.19. The number of aryl methyl sites for hydroxylation is 1. The molecule has 2 amide bonds. The van der Waals surface area contributed by atoms with Crippen molar-refractivity contribution in [2.45, 2.75) is 44.4 Å². The highest BCUT2D eigenvalue weighted by atomic mass is 32.2. The molecule has 0 bridgehead atoms. The Hall–Kier alpha value is -2.17. The molecule has 1 aliphatic rings. The summed E-state index contributed by atoms with van der Waals surface area (Å²) in [5.74, 6) is -1.01. The highest BCUT2D eigenvalue weighted by Crippen LogP contribution is 2.26. The summed E-state index contributed by atoms with van der Waals surface area (Å²) in [4.78, 5) is 23.7. The van der Waals surface area contributed by atoms with E-state index in [-0.39, 0.29) is 24.0 Å². The Labute approximate surface area is 165 Å². The molecule has 0 radical (unpaired) electrons. The highest BCUT2D eigenvalue weighted by molar-refractivity contribution is 7.89. The van der Waals surface area contributed by atoms with Crippen molar-refractivity contribution in [1.82, 2.24) is 14.9 Å². The fourth-order valence-corrected chi connectivity index (χ4v) is 4.49. The van der Waals surface area contributed by atoms with Gasteiger partial charge in [0.05, 0.1) is 25.2 Å². The van der Waals surface area contributed by atoms with Gasteiger partial charge in [0.15, 0.2) is 0 Å². The summed E-state index contributed by atoms with van der Waals surface area (Å²) >= 11 is 0. The largest absolute Gasteiger partial charge is 0.496 e. The summed E-state index contributed by atoms with van der Waals surface area (Å²) in [5.41, 5.74) is 0.691. The van der Waals surface area contributed by atoms with E-state index in [1.54, 1.807) is 26.8 Å². The third-order valence-corrected chi connectivity index (χ3v) is 6.08. The first-order valence-electron chi connectivity index (χ1n) is 9.03. The van der Waals surface area contributed by atoms with Crippen LogP contribution in [0.2, 0.25) is 0 Å². The molecule has 9 nitrogen and oxygen atoms in total. The Kier molecular flexibility index (Phi) is 7.39. The summed E-state index contributed by atoms with van der Waals surface area (Å²) < 4.78 is 38.1.